The molecular weight excluding hydrogens is 408 g/mol. The van der Waals surface area contributed by atoms with Crippen molar-refractivity contribution < 1.29 is 19.2 Å². The number of non-ortho nitro benzene ring substituents is 1. The van der Waals surface area contributed by atoms with E-state index < -0.39 is 10.8 Å². The van der Waals surface area contributed by atoms with Gasteiger partial charge in [-0.3, -0.25) is 24.6 Å². The Kier molecular flexibility index (Phi) is 5.30. The van der Waals surface area contributed by atoms with Crippen molar-refractivity contribution in [2.75, 3.05) is 12.0 Å². The first-order valence-electron chi connectivity index (χ1n) is 9.58. The van der Waals surface area contributed by atoms with Crippen LogP contribution in [0.2, 0.25) is 5.02 Å². The first-order valence-corrected chi connectivity index (χ1v) is 9.96. The van der Waals surface area contributed by atoms with Crippen LogP contribution in [0.4, 0.5) is 11.4 Å². The van der Waals surface area contributed by atoms with E-state index in [9.17, 15) is 19.7 Å². The molecule has 0 bridgehead atoms. The van der Waals surface area contributed by atoms with E-state index in [1.165, 1.54) is 23.1 Å². The summed E-state index contributed by atoms with van der Waals surface area (Å²) in [6, 6.07) is 11.4. The van der Waals surface area contributed by atoms with E-state index in [-0.39, 0.29) is 28.8 Å². The maximum atomic E-state index is 13.3. The highest BCUT2D eigenvalue weighted by Crippen LogP contribution is 2.46. The molecule has 0 spiro atoms. The van der Waals surface area contributed by atoms with Gasteiger partial charge in [-0.25, -0.2) is 0 Å². The second-order valence-corrected chi connectivity index (χ2v) is 7.66. The molecule has 154 valence electrons. The number of nitro benzene ring substituents is 1. The summed E-state index contributed by atoms with van der Waals surface area (Å²) in [5.74, 6) is 0.0182. The highest BCUT2D eigenvalue weighted by Gasteiger charge is 2.41. The minimum absolute atomic E-state index is 0.00249. The summed E-state index contributed by atoms with van der Waals surface area (Å²) < 4.78 is 5.47. The van der Waals surface area contributed by atoms with Crippen molar-refractivity contribution in [2.24, 2.45) is 0 Å². The molecule has 2 aromatic rings. The largest absolute Gasteiger partial charge is 0.496 e. The Morgan fingerprint density at radius 1 is 1.17 bits per heavy atom. The first-order chi connectivity index (χ1) is 14.4. The number of carbonyl (C=O) groups excluding carboxylic acids is 2. The molecule has 2 aliphatic rings. The molecule has 7 nitrogen and oxygen atoms in total. The van der Waals surface area contributed by atoms with Crippen molar-refractivity contribution in [3.8, 4) is 5.75 Å². The third-order valence-electron chi connectivity index (χ3n) is 5.57. The number of methoxy groups -OCH3 is 1. The number of hydrogen-bond acceptors (Lipinski definition) is 5. The summed E-state index contributed by atoms with van der Waals surface area (Å²) in [7, 11) is 1.56. The SMILES string of the molecule is COc1ccccc1C1CC(=O)N(c2ccc([N+](=O)[O-])cc2Cl)C2=C1C(=O)CCC2. The van der Waals surface area contributed by atoms with Gasteiger partial charge >= 0.3 is 0 Å². The number of para-hydroxylation sites is 1. The Balaban J connectivity index is 1.87. The van der Waals surface area contributed by atoms with Crippen LogP contribution in [0.3, 0.4) is 0 Å². The molecule has 4 rings (SSSR count). The number of rotatable bonds is 4. The van der Waals surface area contributed by atoms with Crippen LogP contribution in [-0.4, -0.2) is 23.7 Å². The fraction of sp³-hybridized carbons (Fsp3) is 0.273. The lowest BCUT2D eigenvalue weighted by Crippen LogP contribution is -2.40. The van der Waals surface area contributed by atoms with Crippen molar-refractivity contribution in [2.45, 2.75) is 31.6 Å². The number of anilines is 1. The molecule has 0 saturated carbocycles. The molecule has 1 amide bonds. The Labute approximate surface area is 178 Å². The van der Waals surface area contributed by atoms with Gasteiger partial charge in [0.2, 0.25) is 5.91 Å². The first kappa shape index (κ1) is 20.1. The Bertz CT molecular complexity index is 1090. The number of nitrogens with zero attached hydrogens (tertiary/aromatic N) is 2. The molecule has 1 heterocycles. The van der Waals surface area contributed by atoms with Crippen molar-refractivity contribution >= 4 is 34.7 Å². The number of ether oxygens (including phenoxy) is 1. The predicted molar refractivity (Wildman–Crippen MR) is 112 cm³/mol. The molecule has 1 aliphatic carbocycles. The average molecular weight is 427 g/mol. The summed E-state index contributed by atoms with van der Waals surface area (Å²) in [6.07, 6.45) is 1.68. The summed E-state index contributed by atoms with van der Waals surface area (Å²) >= 11 is 6.31. The average Bonchev–Trinajstić information content (AvgIpc) is 2.73. The van der Waals surface area contributed by atoms with Crippen LogP contribution < -0.4 is 9.64 Å². The molecule has 1 unspecified atom stereocenters. The maximum absolute atomic E-state index is 13.3. The summed E-state index contributed by atoms with van der Waals surface area (Å²) in [4.78, 5) is 38.2. The number of benzene rings is 2. The molecule has 0 radical (unpaired) electrons. The van der Waals surface area contributed by atoms with E-state index in [1.807, 2.05) is 24.3 Å². The molecule has 0 aromatic heterocycles. The van der Waals surface area contributed by atoms with Crippen molar-refractivity contribution in [3.63, 3.8) is 0 Å². The van der Waals surface area contributed by atoms with E-state index in [1.54, 1.807) is 7.11 Å². The van der Waals surface area contributed by atoms with Gasteiger partial charge in [-0.1, -0.05) is 29.8 Å². The zero-order valence-corrected chi connectivity index (χ0v) is 17.0. The summed E-state index contributed by atoms with van der Waals surface area (Å²) in [5, 5.41) is 11.1. The van der Waals surface area contributed by atoms with E-state index in [0.29, 0.717) is 42.0 Å². The quantitative estimate of drug-likeness (QED) is 0.518. The van der Waals surface area contributed by atoms with Crippen LogP contribution in [0.1, 0.15) is 37.2 Å². The number of allylic oxidation sites excluding steroid dienone is 2. The van der Waals surface area contributed by atoms with Gasteiger partial charge in [-0.15, -0.1) is 0 Å². The second kappa shape index (κ2) is 7.91. The standard InChI is InChI=1S/C22H19ClN2O5/c1-30-20-8-3-2-5-14(20)15-12-21(27)24(18-6-4-7-19(26)22(15)18)17-10-9-13(25(28)29)11-16(17)23/h2-3,5,8-11,15H,4,6-7,12H2,1H3. The molecule has 30 heavy (non-hydrogen) atoms. The smallest absolute Gasteiger partial charge is 0.271 e. The van der Waals surface area contributed by atoms with Crippen LogP contribution >= 0.6 is 11.6 Å². The number of ketones is 1. The zero-order chi connectivity index (χ0) is 21.4. The van der Waals surface area contributed by atoms with E-state index in [0.717, 1.165) is 5.56 Å². The van der Waals surface area contributed by atoms with Gasteiger partial charge in [0, 0.05) is 47.7 Å². The monoisotopic (exact) mass is 426 g/mol. The van der Waals surface area contributed by atoms with Crippen LogP contribution in [0.5, 0.6) is 5.75 Å². The minimum atomic E-state index is -0.541. The molecule has 0 N–H and O–H groups in total. The van der Waals surface area contributed by atoms with Gasteiger partial charge in [0.25, 0.3) is 5.69 Å². The van der Waals surface area contributed by atoms with Gasteiger partial charge in [-0.05, 0) is 25.0 Å². The van der Waals surface area contributed by atoms with E-state index >= 15 is 0 Å². The predicted octanol–water partition coefficient (Wildman–Crippen LogP) is 4.78. The zero-order valence-electron chi connectivity index (χ0n) is 16.3. The summed E-state index contributed by atoms with van der Waals surface area (Å²) in [6.45, 7) is 0. The Morgan fingerprint density at radius 3 is 2.63 bits per heavy atom. The molecule has 2 aromatic carbocycles. The topological polar surface area (TPSA) is 89.8 Å². The van der Waals surface area contributed by atoms with Gasteiger partial charge in [-0.2, -0.15) is 0 Å². The number of amides is 1. The van der Waals surface area contributed by atoms with Gasteiger partial charge in [0.05, 0.1) is 22.7 Å². The molecule has 1 atom stereocenters. The lowest BCUT2D eigenvalue weighted by Gasteiger charge is -2.38. The fourth-order valence-corrected chi connectivity index (χ4v) is 4.54. The minimum Gasteiger partial charge on any atom is -0.496 e. The van der Waals surface area contributed by atoms with Crippen molar-refractivity contribution in [1.29, 1.82) is 0 Å². The number of hydrogen-bond donors (Lipinski definition) is 0. The third kappa shape index (κ3) is 3.35. The summed E-state index contributed by atoms with van der Waals surface area (Å²) in [5.41, 5.74) is 2.21. The highest BCUT2D eigenvalue weighted by molar-refractivity contribution is 6.34. The second-order valence-electron chi connectivity index (χ2n) is 7.26. The molecule has 0 fully saturated rings. The van der Waals surface area contributed by atoms with E-state index in [2.05, 4.69) is 0 Å². The van der Waals surface area contributed by atoms with Gasteiger partial charge in [0.1, 0.15) is 5.75 Å². The van der Waals surface area contributed by atoms with Crippen molar-refractivity contribution in [1.82, 2.24) is 0 Å². The van der Waals surface area contributed by atoms with Gasteiger partial charge in [0.15, 0.2) is 5.78 Å². The third-order valence-corrected chi connectivity index (χ3v) is 5.88. The number of nitro groups is 1. The maximum Gasteiger partial charge on any atom is 0.271 e. The number of carbonyl (C=O) groups is 2. The van der Waals surface area contributed by atoms with Crippen molar-refractivity contribution in [3.05, 3.63) is 74.4 Å². The fourth-order valence-electron chi connectivity index (χ4n) is 4.28. The number of halogens is 1. The van der Waals surface area contributed by atoms with Gasteiger partial charge < -0.3 is 4.74 Å². The normalized spacial score (nSPS) is 19.0. The molecular formula is C22H19ClN2O5. The molecule has 8 heteroatoms. The van der Waals surface area contributed by atoms with Crippen LogP contribution in [0.15, 0.2) is 53.7 Å². The van der Waals surface area contributed by atoms with Crippen LogP contribution in [-0.2, 0) is 9.59 Å². The highest BCUT2D eigenvalue weighted by atomic mass is 35.5. The van der Waals surface area contributed by atoms with Crippen LogP contribution in [0.25, 0.3) is 0 Å². The molecule has 1 aliphatic heterocycles. The van der Waals surface area contributed by atoms with E-state index in [4.69, 9.17) is 16.3 Å². The Hall–Kier alpha value is -3.19. The lowest BCUT2D eigenvalue weighted by molar-refractivity contribution is -0.384. The van der Waals surface area contributed by atoms with Crippen LogP contribution in [0, 0.1) is 10.1 Å². The lowest BCUT2D eigenvalue weighted by atomic mass is 9.77. The number of Topliss-reactive ketones (excluding diaryl/α,β-unsaturated/α-hetero) is 1. The molecule has 0 saturated heterocycles. The Morgan fingerprint density at radius 2 is 1.93 bits per heavy atom.